The Morgan fingerprint density at radius 2 is 2.15 bits per heavy atom. The van der Waals surface area contributed by atoms with Crippen molar-refractivity contribution in [1.29, 1.82) is 5.26 Å². The van der Waals surface area contributed by atoms with Gasteiger partial charge in [0.05, 0.1) is 24.2 Å². The molecule has 1 fully saturated rings. The summed E-state index contributed by atoms with van der Waals surface area (Å²) in [7, 11) is 0. The van der Waals surface area contributed by atoms with Crippen LogP contribution in [0.15, 0.2) is 30.5 Å². The summed E-state index contributed by atoms with van der Waals surface area (Å²) in [5.74, 6) is -2.69. The zero-order chi connectivity index (χ0) is 19.2. The number of benzene rings is 1. The van der Waals surface area contributed by atoms with E-state index in [-0.39, 0.29) is 18.8 Å². The molecular formula is C18H14F2N6O. The van der Waals surface area contributed by atoms with E-state index < -0.39 is 11.8 Å². The lowest BCUT2D eigenvalue weighted by molar-refractivity contribution is -0.0265. The van der Waals surface area contributed by atoms with Gasteiger partial charge in [0.1, 0.15) is 11.8 Å². The van der Waals surface area contributed by atoms with Crippen molar-refractivity contribution in [2.24, 2.45) is 0 Å². The van der Waals surface area contributed by atoms with E-state index in [1.807, 2.05) is 6.07 Å². The summed E-state index contributed by atoms with van der Waals surface area (Å²) >= 11 is 0. The average molecular weight is 368 g/mol. The number of rotatable bonds is 3. The number of aromatic nitrogens is 3. The van der Waals surface area contributed by atoms with Crippen LogP contribution in [0.3, 0.4) is 0 Å². The van der Waals surface area contributed by atoms with Crippen LogP contribution < -0.4 is 10.2 Å². The SMILES string of the molecule is Cc1cc(C#N)cnc1C(=O)Nc1ccc2[nH]nc(N3CC(F)(F)C3)c2c1. The normalized spacial score (nSPS) is 15.3. The van der Waals surface area contributed by atoms with Crippen molar-refractivity contribution in [2.45, 2.75) is 12.8 Å². The van der Waals surface area contributed by atoms with Gasteiger partial charge in [0.25, 0.3) is 11.8 Å². The van der Waals surface area contributed by atoms with E-state index in [0.717, 1.165) is 0 Å². The molecule has 1 aliphatic rings. The van der Waals surface area contributed by atoms with Crippen LogP contribution >= 0.6 is 0 Å². The molecule has 0 unspecified atom stereocenters. The van der Waals surface area contributed by atoms with E-state index in [1.165, 1.54) is 11.1 Å². The van der Waals surface area contributed by atoms with Crippen molar-refractivity contribution >= 4 is 28.3 Å². The van der Waals surface area contributed by atoms with Crippen LogP contribution in [0.5, 0.6) is 0 Å². The molecule has 0 bridgehead atoms. The number of hydrogen-bond donors (Lipinski definition) is 2. The Labute approximate surface area is 152 Å². The van der Waals surface area contributed by atoms with Crippen molar-refractivity contribution in [3.05, 3.63) is 47.3 Å². The Hall–Kier alpha value is -3.54. The van der Waals surface area contributed by atoms with E-state index in [2.05, 4.69) is 20.5 Å². The fourth-order valence-electron chi connectivity index (χ4n) is 3.04. The molecule has 1 amide bonds. The van der Waals surface area contributed by atoms with Gasteiger partial charge in [0.2, 0.25) is 0 Å². The molecule has 0 atom stereocenters. The second-order valence-electron chi connectivity index (χ2n) is 6.48. The molecule has 1 saturated heterocycles. The summed E-state index contributed by atoms with van der Waals surface area (Å²) in [6.45, 7) is 0.944. The minimum absolute atomic E-state index is 0.212. The predicted octanol–water partition coefficient (Wildman–Crippen LogP) is 2.85. The lowest BCUT2D eigenvalue weighted by Crippen LogP contribution is -2.56. The summed E-state index contributed by atoms with van der Waals surface area (Å²) in [4.78, 5) is 18.0. The molecule has 3 aromatic rings. The van der Waals surface area contributed by atoms with Gasteiger partial charge in [-0.15, -0.1) is 0 Å². The number of nitriles is 1. The minimum Gasteiger partial charge on any atom is -0.342 e. The molecule has 0 spiro atoms. The van der Waals surface area contributed by atoms with Crippen LogP contribution in [0.25, 0.3) is 10.9 Å². The number of hydrogen-bond acceptors (Lipinski definition) is 5. The molecule has 2 N–H and O–H groups in total. The molecule has 1 aromatic carbocycles. The van der Waals surface area contributed by atoms with Crippen LogP contribution in [-0.4, -0.2) is 40.1 Å². The third-order valence-electron chi connectivity index (χ3n) is 4.37. The first-order valence-corrected chi connectivity index (χ1v) is 8.15. The number of nitrogens with one attached hydrogen (secondary N) is 2. The molecule has 4 rings (SSSR count). The molecule has 1 aliphatic heterocycles. The average Bonchev–Trinajstić information content (AvgIpc) is 3.02. The number of aryl methyl sites for hydroxylation is 1. The number of carbonyl (C=O) groups is 1. The van der Waals surface area contributed by atoms with E-state index in [4.69, 9.17) is 5.26 Å². The fourth-order valence-corrected chi connectivity index (χ4v) is 3.04. The lowest BCUT2D eigenvalue weighted by Gasteiger charge is -2.38. The van der Waals surface area contributed by atoms with Crippen molar-refractivity contribution in [3.63, 3.8) is 0 Å². The molecular weight excluding hydrogens is 354 g/mol. The number of aromatic amines is 1. The molecule has 0 saturated carbocycles. The maximum absolute atomic E-state index is 13.1. The van der Waals surface area contributed by atoms with Gasteiger partial charge in [0, 0.05) is 17.3 Å². The van der Waals surface area contributed by atoms with Crippen LogP contribution in [0.1, 0.15) is 21.6 Å². The smallest absolute Gasteiger partial charge is 0.282 e. The summed E-state index contributed by atoms with van der Waals surface area (Å²) in [6.07, 6.45) is 1.34. The quantitative estimate of drug-likeness (QED) is 0.741. The maximum Gasteiger partial charge on any atom is 0.282 e. The molecule has 9 heteroatoms. The first-order chi connectivity index (χ1) is 12.9. The Morgan fingerprint density at radius 1 is 1.37 bits per heavy atom. The largest absolute Gasteiger partial charge is 0.342 e. The molecule has 3 heterocycles. The molecule has 7 nitrogen and oxygen atoms in total. The van der Waals surface area contributed by atoms with Crippen molar-refractivity contribution < 1.29 is 13.6 Å². The second-order valence-corrected chi connectivity index (χ2v) is 6.48. The Bertz CT molecular complexity index is 1090. The highest BCUT2D eigenvalue weighted by atomic mass is 19.3. The van der Waals surface area contributed by atoms with Gasteiger partial charge in [-0.25, -0.2) is 13.8 Å². The summed E-state index contributed by atoms with van der Waals surface area (Å²) in [6, 6.07) is 8.65. The van der Waals surface area contributed by atoms with E-state index in [0.29, 0.717) is 33.5 Å². The van der Waals surface area contributed by atoms with Gasteiger partial charge in [-0.2, -0.15) is 10.4 Å². The van der Waals surface area contributed by atoms with Crippen molar-refractivity contribution in [1.82, 2.24) is 15.2 Å². The molecule has 136 valence electrons. The number of amides is 1. The highest BCUT2D eigenvalue weighted by Gasteiger charge is 2.45. The van der Waals surface area contributed by atoms with Crippen LogP contribution in [0, 0.1) is 18.3 Å². The number of H-pyrrole nitrogens is 1. The molecule has 0 aliphatic carbocycles. The zero-order valence-electron chi connectivity index (χ0n) is 14.3. The van der Waals surface area contributed by atoms with Crippen molar-refractivity contribution in [2.75, 3.05) is 23.3 Å². The predicted molar refractivity (Wildman–Crippen MR) is 94.9 cm³/mol. The number of halogens is 2. The summed E-state index contributed by atoms with van der Waals surface area (Å²) < 4.78 is 26.3. The number of nitrogens with zero attached hydrogens (tertiary/aromatic N) is 4. The number of pyridine rings is 1. The Morgan fingerprint density at radius 3 is 2.81 bits per heavy atom. The molecule has 0 radical (unpaired) electrons. The van der Waals surface area contributed by atoms with Crippen LogP contribution in [-0.2, 0) is 0 Å². The minimum atomic E-state index is -2.70. The van der Waals surface area contributed by atoms with E-state index in [1.54, 1.807) is 31.2 Å². The van der Waals surface area contributed by atoms with E-state index in [9.17, 15) is 13.6 Å². The van der Waals surface area contributed by atoms with E-state index >= 15 is 0 Å². The summed E-state index contributed by atoms with van der Waals surface area (Å²) in [5, 5.41) is 19.2. The lowest BCUT2D eigenvalue weighted by atomic mass is 10.1. The van der Waals surface area contributed by atoms with Gasteiger partial charge >= 0.3 is 0 Å². The Kier molecular flexibility index (Phi) is 3.77. The number of fused-ring (bicyclic) bond motifs is 1. The standard InChI is InChI=1S/C18H14F2N6O/c1-10-4-11(6-21)7-22-15(10)17(27)23-12-2-3-14-13(5-12)16(25-24-14)26-8-18(19,20)9-26/h2-5,7H,8-9H2,1H3,(H,23,27)(H,24,25). The highest BCUT2D eigenvalue weighted by molar-refractivity contribution is 6.05. The van der Waals surface area contributed by atoms with Gasteiger partial charge in [-0.1, -0.05) is 0 Å². The third-order valence-corrected chi connectivity index (χ3v) is 4.37. The molecule has 27 heavy (non-hydrogen) atoms. The first kappa shape index (κ1) is 16.9. The zero-order valence-corrected chi connectivity index (χ0v) is 14.3. The third kappa shape index (κ3) is 3.06. The fraction of sp³-hybridized carbons (Fsp3) is 0.222. The number of anilines is 2. The number of alkyl halides is 2. The van der Waals surface area contributed by atoms with Gasteiger partial charge < -0.3 is 10.2 Å². The second kappa shape index (κ2) is 6.02. The highest BCUT2D eigenvalue weighted by Crippen LogP contribution is 2.35. The van der Waals surface area contributed by atoms with Gasteiger partial charge in [0.15, 0.2) is 5.82 Å². The van der Waals surface area contributed by atoms with Crippen molar-refractivity contribution in [3.8, 4) is 6.07 Å². The first-order valence-electron chi connectivity index (χ1n) is 8.15. The topological polar surface area (TPSA) is 97.7 Å². The maximum atomic E-state index is 13.1. The van der Waals surface area contributed by atoms with Crippen LogP contribution in [0.4, 0.5) is 20.3 Å². The van der Waals surface area contributed by atoms with Gasteiger partial charge in [-0.05, 0) is 36.8 Å². The summed E-state index contributed by atoms with van der Waals surface area (Å²) in [5.41, 5.74) is 2.35. The Balaban J connectivity index is 1.59. The van der Waals surface area contributed by atoms with Gasteiger partial charge in [-0.3, -0.25) is 9.89 Å². The van der Waals surface area contributed by atoms with Crippen LogP contribution in [0.2, 0.25) is 0 Å². The monoisotopic (exact) mass is 368 g/mol. The number of carbonyl (C=O) groups excluding carboxylic acids is 1. The molecule has 2 aromatic heterocycles.